The molecule has 1 N–H and O–H groups in total. The van der Waals surface area contributed by atoms with Gasteiger partial charge in [0, 0.05) is 11.6 Å². The Bertz CT molecular complexity index is 1330. The Labute approximate surface area is 215 Å². The van der Waals surface area contributed by atoms with E-state index >= 15 is 0 Å². The van der Waals surface area contributed by atoms with E-state index in [4.69, 9.17) is 19.0 Å². The van der Waals surface area contributed by atoms with E-state index in [2.05, 4.69) is 70.0 Å². The Morgan fingerprint density at radius 2 is 1.81 bits per heavy atom. The summed E-state index contributed by atoms with van der Waals surface area (Å²) in [6.45, 7) is 18.6. The van der Waals surface area contributed by atoms with Crippen LogP contribution in [0.25, 0.3) is 21.8 Å². The minimum atomic E-state index is -1.60. The predicted molar refractivity (Wildman–Crippen MR) is 147 cm³/mol. The highest BCUT2D eigenvalue weighted by Gasteiger charge is 2.51. The van der Waals surface area contributed by atoms with Crippen molar-refractivity contribution in [2.24, 2.45) is 0 Å². The van der Waals surface area contributed by atoms with Gasteiger partial charge in [0.1, 0.15) is 11.4 Å². The van der Waals surface area contributed by atoms with Crippen LogP contribution >= 0.6 is 0 Å². The number of hydrogen-bond donors (Lipinski definition) is 1. The molecule has 5 rings (SSSR count). The number of carbonyl (C=O) groups is 1. The number of aromatic nitrogens is 2. The number of ether oxygens (including phenoxy) is 1. The van der Waals surface area contributed by atoms with E-state index in [-0.39, 0.29) is 23.3 Å². The molecule has 0 unspecified atom stereocenters. The van der Waals surface area contributed by atoms with Crippen LogP contribution in [0.15, 0.2) is 30.3 Å². The fraction of sp³-hybridized carbons (Fsp3) is 0.556. The number of amides is 1. The lowest BCUT2D eigenvalue weighted by atomic mass is 9.78. The molecule has 36 heavy (non-hydrogen) atoms. The largest absolute Gasteiger partial charge is 0.494 e. The molecule has 9 heteroatoms. The van der Waals surface area contributed by atoms with Crippen LogP contribution in [-0.4, -0.2) is 59.1 Å². The molecule has 7 nitrogen and oxygen atoms in total. The Kier molecular flexibility index (Phi) is 5.67. The van der Waals surface area contributed by atoms with Crippen LogP contribution in [-0.2, 0) is 14.0 Å². The summed E-state index contributed by atoms with van der Waals surface area (Å²) in [4.78, 5) is 23.5. The molecule has 3 heterocycles. The standard InChI is InChI=1S/C27H38BN3O4Si/c1-25(2,3)33-24(32)31-16-36(8,9)15-21(31)23-29-20-13-10-17-14-18(11-12-19(17)22(20)30-23)28-34-26(4,5)27(6,7)35-28/h10-14,21H,15-16H2,1-9H3,(H,29,30)/t21-/m0/s1. The topological polar surface area (TPSA) is 76.7 Å². The minimum absolute atomic E-state index is 0.104. The van der Waals surface area contributed by atoms with Gasteiger partial charge in [-0.1, -0.05) is 37.4 Å². The van der Waals surface area contributed by atoms with Crippen molar-refractivity contribution in [3.8, 4) is 0 Å². The van der Waals surface area contributed by atoms with Gasteiger partial charge in [-0.15, -0.1) is 0 Å². The average Bonchev–Trinajstić information content (AvgIpc) is 3.37. The summed E-state index contributed by atoms with van der Waals surface area (Å²) in [5.74, 6) is 0.830. The second-order valence-electron chi connectivity index (χ2n) is 13.1. The average molecular weight is 508 g/mol. The fourth-order valence-corrected chi connectivity index (χ4v) is 8.02. The number of nitrogens with one attached hydrogen (secondary N) is 1. The first-order valence-corrected chi connectivity index (χ1v) is 16.2. The molecule has 2 aromatic carbocycles. The van der Waals surface area contributed by atoms with Crippen LogP contribution in [0.3, 0.4) is 0 Å². The first-order chi connectivity index (χ1) is 16.6. The number of fused-ring (bicyclic) bond motifs is 3. The van der Waals surface area contributed by atoms with Crippen molar-refractivity contribution in [3.05, 3.63) is 36.2 Å². The Balaban J connectivity index is 1.49. The molecule has 1 amide bonds. The first-order valence-electron chi connectivity index (χ1n) is 12.8. The van der Waals surface area contributed by atoms with Gasteiger partial charge in [-0.3, -0.25) is 0 Å². The van der Waals surface area contributed by atoms with E-state index in [0.29, 0.717) is 0 Å². The van der Waals surface area contributed by atoms with E-state index in [9.17, 15) is 4.79 Å². The van der Waals surface area contributed by atoms with Gasteiger partial charge in [-0.2, -0.15) is 0 Å². The quantitative estimate of drug-likeness (QED) is 0.460. The molecule has 2 aliphatic heterocycles. The maximum Gasteiger partial charge on any atom is 0.494 e. The summed E-state index contributed by atoms with van der Waals surface area (Å²) in [7, 11) is -2.00. The van der Waals surface area contributed by atoms with E-state index in [0.717, 1.165) is 45.3 Å². The molecular weight excluding hydrogens is 469 g/mol. The monoisotopic (exact) mass is 507 g/mol. The zero-order valence-corrected chi connectivity index (χ0v) is 24.0. The van der Waals surface area contributed by atoms with Crippen LogP contribution in [0, 0.1) is 0 Å². The summed E-state index contributed by atoms with van der Waals surface area (Å²) >= 11 is 0. The highest BCUT2D eigenvalue weighted by atomic mass is 28.3. The van der Waals surface area contributed by atoms with Gasteiger partial charge in [0.25, 0.3) is 0 Å². The van der Waals surface area contributed by atoms with Crippen LogP contribution in [0.4, 0.5) is 4.79 Å². The van der Waals surface area contributed by atoms with Gasteiger partial charge < -0.3 is 23.9 Å². The van der Waals surface area contributed by atoms with Crippen LogP contribution < -0.4 is 5.46 Å². The highest BCUT2D eigenvalue weighted by Crippen LogP contribution is 2.39. The molecule has 192 valence electrons. The number of nitrogens with zero attached hydrogens (tertiary/aromatic N) is 2. The number of benzene rings is 2. The van der Waals surface area contributed by atoms with Gasteiger partial charge in [0.2, 0.25) is 0 Å². The van der Waals surface area contributed by atoms with Crippen LogP contribution in [0.1, 0.15) is 60.3 Å². The fourth-order valence-electron chi connectivity index (χ4n) is 5.16. The zero-order chi connectivity index (χ0) is 26.3. The third-order valence-corrected chi connectivity index (χ3v) is 10.4. The summed E-state index contributed by atoms with van der Waals surface area (Å²) < 4.78 is 18.3. The summed E-state index contributed by atoms with van der Waals surface area (Å²) in [6, 6.07) is 11.3. The molecule has 0 bridgehead atoms. The molecular formula is C27H38BN3O4Si. The molecule has 0 aliphatic carbocycles. The first kappa shape index (κ1) is 25.3. The molecule has 0 radical (unpaired) electrons. The lowest BCUT2D eigenvalue weighted by Crippen LogP contribution is -2.41. The van der Waals surface area contributed by atoms with Crippen LogP contribution in [0.5, 0.6) is 0 Å². The molecule has 1 aromatic heterocycles. The van der Waals surface area contributed by atoms with Gasteiger partial charge in [0.05, 0.1) is 36.4 Å². The Morgan fingerprint density at radius 3 is 2.44 bits per heavy atom. The number of H-pyrrole nitrogens is 1. The smallest absolute Gasteiger partial charge is 0.444 e. The SMILES string of the molecule is CC(C)(C)OC(=O)N1C[Si](C)(C)C[C@H]1c1nc2ccc3cc(B4OC(C)(C)C(C)(C)O4)ccc3c2[nH]1. The second-order valence-corrected chi connectivity index (χ2v) is 18.2. The van der Waals surface area contributed by atoms with Crippen molar-refractivity contribution in [3.63, 3.8) is 0 Å². The van der Waals surface area contributed by atoms with Crippen molar-refractivity contribution >= 4 is 48.6 Å². The maximum atomic E-state index is 13.1. The zero-order valence-electron chi connectivity index (χ0n) is 23.0. The van der Waals surface area contributed by atoms with Crippen molar-refractivity contribution in [1.82, 2.24) is 14.9 Å². The number of hydrogen-bond acceptors (Lipinski definition) is 5. The molecule has 1 atom stereocenters. The predicted octanol–water partition coefficient (Wildman–Crippen LogP) is 5.55. The molecule has 0 spiro atoms. The molecule has 0 saturated carbocycles. The number of imidazole rings is 1. The van der Waals surface area contributed by atoms with Gasteiger partial charge >= 0.3 is 13.2 Å². The van der Waals surface area contributed by atoms with E-state index < -0.39 is 20.8 Å². The number of aromatic amines is 1. The normalized spacial score (nSPS) is 23.1. The lowest BCUT2D eigenvalue weighted by molar-refractivity contribution is 0.00578. The van der Waals surface area contributed by atoms with E-state index in [1.807, 2.05) is 31.7 Å². The van der Waals surface area contributed by atoms with E-state index in [1.165, 1.54) is 0 Å². The molecule has 2 aliphatic rings. The lowest BCUT2D eigenvalue weighted by Gasteiger charge is -2.32. The number of carbonyl (C=O) groups excluding carboxylic acids is 1. The molecule has 2 fully saturated rings. The Morgan fingerprint density at radius 1 is 1.14 bits per heavy atom. The summed E-state index contributed by atoms with van der Waals surface area (Å²) in [6.07, 6.45) is 0.505. The van der Waals surface area contributed by atoms with Gasteiger partial charge in [-0.25, -0.2) is 9.78 Å². The summed E-state index contributed by atoms with van der Waals surface area (Å²) in [5.41, 5.74) is 1.59. The van der Waals surface area contributed by atoms with Gasteiger partial charge in [0.15, 0.2) is 0 Å². The molecule has 3 aromatic rings. The third-order valence-electron chi connectivity index (χ3n) is 7.71. The van der Waals surface area contributed by atoms with Crippen molar-refractivity contribution in [2.75, 3.05) is 6.17 Å². The van der Waals surface area contributed by atoms with Crippen LogP contribution in [0.2, 0.25) is 19.1 Å². The van der Waals surface area contributed by atoms with Crippen molar-refractivity contribution in [1.29, 1.82) is 0 Å². The highest BCUT2D eigenvalue weighted by molar-refractivity contribution is 6.78. The number of rotatable bonds is 2. The van der Waals surface area contributed by atoms with Crippen molar-refractivity contribution in [2.45, 2.75) is 90.4 Å². The Hall–Kier alpha value is -2.36. The van der Waals surface area contributed by atoms with E-state index in [1.54, 1.807) is 0 Å². The second kappa shape index (κ2) is 8.07. The van der Waals surface area contributed by atoms with Crippen molar-refractivity contribution < 1.29 is 18.8 Å². The third kappa shape index (κ3) is 4.46. The minimum Gasteiger partial charge on any atom is -0.444 e. The maximum absolute atomic E-state index is 13.1. The molecule has 2 saturated heterocycles. The summed E-state index contributed by atoms with van der Waals surface area (Å²) in [5, 5.41) is 2.18. The van der Waals surface area contributed by atoms with Gasteiger partial charge in [-0.05, 0) is 71.4 Å².